The molecule has 106 valence electrons. The van der Waals surface area contributed by atoms with Crippen LogP contribution in [0.2, 0.25) is 0 Å². The zero-order chi connectivity index (χ0) is 14.5. The fourth-order valence-corrected chi connectivity index (χ4v) is 2.26. The van der Waals surface area contributed by atoms with Crippen LogP contribution >= 0.6 is 15.9 Å². The SMILES string of the molecule is COc1ccc(CNc2ccc(Br)cc2N)c(OC)c1. The van der Waals surface area contributed by atoms with Crippen LogP contribution in [0.3, 0.4) is 0 Å². The van der Waals surface area contributed by atoms with Crippen molar-refractivity contribution in [2.24, 2.45) is 0 Å². The lowest BCUT2D eigenvalue weighted by Gasteiger charge is -2.13. The quantitative estimate of drug-likeness (QED) is 0.818. The number of rotatable bonds is 5. The minimum Gasteiger partial charge on any atom is -0.497 e. The molecule has 0 radical (unpaired) electrons. The number of nitrogens with two attached hydrogens (primary N) is 1. The first-order valence-electron chi connectivity index (χ1n) is 6.14. The van der Waals surface area contributed by atoms with Gasteiger partial charge in [0.1, 0.15) is 11.5 Å². The van der Waals surface area contributed by atoms with E-state index in [-0.39, 0.29) is 0 Å². The van der Waals surface area contributed by atoms with Gasteiger partial charge in [-0.2, -0.15) is 0 Å². The van der Waals surface area contributed by atoms with E-state index < -0.39 is 0 Å². The molecular formula is C15H17BrN2O2. The van der Waals surface area contributed by atoms with E-state index in [2.05, 4.69) is 21.2 Å². The van der Waals surface area contributed by atoms with Gasteiger partial charge in [-0.25, -0.2) is 0 Å². The molecule has 0 aliphatic rings. The third-order valence-electron chi connectivity index (χ3n) is 2.98. The first-order valence-corrected chi connectivity index (χ1v) is 6.93. The Morgan fingerprint density at radius 3 is 2.55 bits per heavy atom. The normalized spacial score (nSPS) is 10.2. The molecule has 3 N–H and O–H groups in total. The largest absolute Gasteiger partial charge is 0.497 e. The van der Waals surface area contributed by atoms with Gasteiger partial charge in [-0.15, -0.1) is 0 Å². The molecule has 0 amide bonds. The van der Waals surface area contributed by atoms with E-state index in [0.717, 1.165) is 27.2 Å². The molecule has 0 atom stereocenters. The number of methoxy groups -OCH3 is 2. The fourth-order valence-electron chi connectivity index (χ4n) is 1.88. The average molecular weight is 337 g/mol. The summed E-state index contributed by atoms with van der Waals surface area (Å²) in [6, 6.07) is 11.5. The van der Waals surface area contributed by atoms with Crippen LogP contribution in [0.15, 0.2) is 40.9 Å². The van der Waals surface area contributed by atoms with E-state index in [1.807, 2.05) is 36.4 Å². The molecule has 0 bridgehead atoms. The molecule has 0 aliphatic heterocycles. The molecule has 4 nitrogen and oxygen atoms in total. The zero-order valence-corrected chi connectivity index (χ0v) is 13.0. The monoisotopic (exact) mass is 336 g/mol. The average Bonchev–Trinajstić information content (AvgIpc) is 2.46. The number of hydrogen-bond acceptors (Lipinski definition) is 4. The Hall–Kier alpha value is -1.88. The van der Waals surface area contributed by atoms with E-state index in [1.54, 1.807) is 14.2 Å². The van der Waals surface area contributed by atoms with Crippen molar-refractivity contribution in [1.29, 1.82) is 0 Å². The Labute approximate surface area is 127 Å². The molecule has 2 aromatic carbocycles. The second kappa shape index (κ2) is 6.52. The number of halogens is 1. The molecule has 0 heterocycles. The molecule has 0 aliphatic carbocycles. The van der Waals surface area contributed by atoms with Crippen molar-refractivity contribution in [2.75, 3.05) is 25.3 Å². The molecule has 0 aromatic heterocycles. The van der Waals surface area contributed by atoms with Crippen molar-refractivity contribution in [1.82, 2.24) is 0 Å². The van der Waals surface area contributed by atoms with Crippen LogP contribution in [0.5, 0.6) is 11.5 Å². The summed E-state index contributed by atoms with van der Waals surface area (Å²) in [4.78, 5) is 0. The fraction of sp³-hybridized carbons (Fsp3) is 0.200. The predicted molar refractivity (Wildman–Crippen MR) is 85.4 cm³/mol. The van der Waals surface area contributed by atoms with Crippen molar-refractivity contribution in [3.8, 4) is 11.5 Å². The number of anilines is 2. The smallest absolute Gasteiger partial charge is 0.127 e. The van der Waals surface area contributed by atoms with Crippen molar-refractivity contribution < 1.29 is 9.47 Å². The van der Waals surface area contributed by atoms with E-state index in [4.69, 9.17) is 15.2 Å². The number of nitrogen functional groups attached to an aromatic ring is 1. The Morgan fingerprint density at radius 1 is 1.10 bits per heavy atom. The van der Waals surface area contributed by atoms with E-state index >= 15 is 0 Å². The van der Waals surface area contributed by atoms with Crippen molar-refractivity contribution in [2.45, 2.75) is 6.54 Å². The predicted octanol–water partition coefficient (Wildman–Crippen LogP) is 3.66. The van der Waals surface area contributed by atoms with Crippen molar-refractivity contribution in [3.63, 3.8) is 0 Å². The summed E-state index contributed by atoms with van der Waals surface area (Å²) in [5.74, 6) is 1.56. The molecule has 20 heavy (non-hydrogen) atoms. The van der Waals surface area contributed by atoms with Gasteiger partial charge in [0.15, 0.2) is 0 Å². The van der Waals surface area contributed by atoms with Gasteiger partial charge in [0.05, 0.1) is 25.6 Å². The van der Waals surface area contributed by atoms with Crippen LogP contribution in [0, 0.1) is 0 Å². The molecule has 0 unspecified atom stereocenters. The number of ether oxygens (including phenoxy) is 2. The van der Waals surface area contributed by atoms with Crippen molar-refractivity contribution in [3.05, 3.63) is 46.4 Å². The lowest BCUT2D eigenvalue weighted by Crippen LogP contribution is -2.04. The molecule has 5 heteroatoms. The molecule has 2 aromatic rings. The summed E-state index contributed by atoms with van der Waals surface area (Å²) >= 11 is 3.39. The minimum atomic E-state index is 0.624. The highest BCUT2D eigenvalue weighted by atomic mass is 79.9. The number of hydrogen-bond donors (Lipinski definition) is 2. The maximum absolute atomic E-state index is 5.96. The summed E-state index contributed by atoms with van der Waals surface area (Å²) in [5, 5.41) is 3.30. The van der Waals surface area contributed by atoms with E-state index in [0.29, 0.717) is 12.2 Å². The maximum Gasteiger partial charge on any atom is 0.127 e. The van der Waals surface area contributed by atoms with Gasteiger partial charge in [-0.3, -0.25) is 0 Å². The topological polar surface area (TPSA) is 56.5 Å². The summed E-state index contributed by atoms with van der Waals surface area (Å²) in [6.45, 7) is 0.624. The zero-order valence-electron chi connectivity index (χ0n) is 11.4. The lowest BCUT2D eigenvalue weighted by atomic mass is 10.1. The third-order valence-corrected chi connectivity index (χ3v) is 3.47. The molecule has 0 fully saturated rings. The van der Waals surface area contributed by atoms with Gasteiger partial charge in [0.2, 0.25) is 0 Å². The summed E-state index contributed by atoms with van der Waals surface area (Å²) < 4.78 is 11.5. The molecular weight excluding hydrogens is 320 g/mol. The van der Waals surface area contributed by atoms with E-state index in [9.17, 15) is 0 Å². The van der Waals surface area contributed by atoms with Crippen LogP contribution < -0.4 is 20.5 Å². The van der Waals surface area contributed by atoms with Gasteiger partial charge in [-0.1, -0.05) is 15.9 Å². The van der Waals surface area contributed by atoms with E-state index in [1.165, 1.54) is 0 Å². The van der Waals surface area contributed by atoms with Crippen LogP contribution in [0.25, 0.3) is 0 Å². The summed E-state index contributed by atoms with van der Waals surface area (Å²) in [6.07, 6.45) is 0. The first-order chi connectivity index (χ1) is 9.63. The second-order valence-electron chi connectivity index (χ2n) is 4.26. The van der Waals surface area contributed by atoms with Gasteiger partial charge >= 0.3 is 0 Å². The highest BCUT2D eigenvalue weighted by Gasteiger charge is 2.06. The highest BCUT2D eigenvalue weighted by molar-refractivity contribution is 9.10. The van der Waals surface area contributed by atoms with Crippen LogP contribution in [-0.4, -0.2) is 14.2 Å². The van der Waals surface area contributed by atoms with Gasteiger partial charge in [0, 0.05) is 22.6 Å². The Bertz CT molecular complexity index is 602. The summed E-state index contributed by atoms with van der Waals surface area (Å²) in [5.41, 5.74) is 8.59. The molecule has 0 saturated heterocycles. The lowest BCUT2D eigenvalue weighted by molar-refractivity contribution is 0.391. The first kappa shape index (κ1) is 14.5. The molecule has 2 rings (SSSR count). The van der Waals surface area contributed by atoms with Gasteiger partial charge in [0.25, 0.3) is 0 Å². The van der Waals surface area contributed by atoms with Crippen molar-refractivity contribution >= 4 is 27.3 Å². The maximum atomic E-state index is 5.96. The highest BCUT2D eigenvalue weighted by Crippen LogP contribution is 2.27. The number of benzene rings is 2. The summed E-state index contributed by atoms with van der Waals surface area (Å²) in [7, 11) is 3.28. The van der Waals surface area contributed by atoms with Gasteiger partial charge in [-0.05, 0) is 30.3 Å². The number of nitrogens with one attached hydrogen (secondary N) is 1. The van der Waals surface area contributed by atoms with Gasteiger partial charge < -0.3 is 20.5 Å². The second-order valence-corrected chi connectivity index (χ2v) is 5.18. The van der Waals surface area contributed by atoms with Crippen LogP contribution in [-0.2, 0) is 6.54 Å². The third kappa shape index (κ3) is 3.36. The Morgan fingerprint density at radius 2 is 1.90 bits per heavy atom. The minimum absolute atomic E-state index is 0.624. The molecule has 0 spiro atoms. The van der Waals surface area contributed by atoms with Crippen LogP contribution in [0.4, 0.5) is 11.4 Å². The standard InChI is InChI=1S/C15H17BrN2O2/c1-19-12-5-3-10(15(8-12)20-2)9-18-14-6-4-11(16)7-13(14)17/h3-8,18H,9,17H2,1-2H3. The molecule has 0 saturated carbocycles. The Balaban J connectivity index is 2.14. The van der Waals surface area contributed by atoms with Crippen LogP contribution in [0.1, 0.15) is 5.56 Å². The Kier molecular flexibility index (Phi) is 4.74.